The zero-order chi connectivity index (χ0) is 8.43. The summed E-state index contributed by atoms with van der Waals surface area (Å²) in [6.07, 6.45) is 0.938. The minimum absolute atomic E-state index is 0.637. The number of aryl methyl sites for hydroxylation is 2. The van der Waals surface area contributed by atoms with Gasteiger partial charge < -0.3 is 4.98 Å². The molecule has 0 aromatic carbocycles. The number of nitrogens with zero attached hydrogens (tertiary/aromatic N) is 1. The van der Waals surface area contributed by atoms with Gasteiger partial charge in [-0.25, -0.2) is 4.98 Å². The summed E-state index contributed by atoms with van der Waals surface area (Å²) in [6, 6.07) is 0. The van der Waals surface area contributed by atoms with Crippen LogP contribution in [-0.2, 0) is 6.42 Å². The van der Waals surface area contributed by atoms with E-state index in [0.29, 0.717) is 4.64 Å². The summed E-state index contributed by atoms with van der Waals surface area (Å²) < 4.78 is 1.55. The van der Waals surface area contributed by atoms with Crippen molar-refractivity contribution in [3.8, 4) is 0 Å². The summed E-state index contributed by atoms with van der Waals surface area (Å²) in [6.45, 7) is 3.98. The van der Waals surface area contributed by atoms with Gasteiger partial charge in [-0.15, -0.1) is 0 Å². The normalized spacial score (nSPS) is 10.1. The number of hydrogen-bond donors (Lipinski definition) is 1. The van der Waals surface area contributed by atoms with Crippen molar-refractivity contribution in [2.24, 2.45) is 0 Å². The molecule has 1 N–H and O–H groups in total. The van der Waals surface area contributed by atoms with Gasteiger partial charge in [-0.2, -0.15) is 0 Å². The summed E-state index contributed by atoms with van der Waals surface area (Å²) in [5.41, 5.74) is 1.11. The summed E-state index contributed by atoms with van der Waals surface area (Å²) in [4.78, 5) is 7.24. The van der Waals surface area contributed by atoms with Crippen LogP contribution >= 0.6 is 28.1 Å². The molecule has 0 saturated heterocycles. The quantitative estimate of drug-likeness (QED) is 0.755. The Morgan fingerprint density at radius 1 is 1.64 bits per heavy atom. The third kappa shape index (κ3) is 1.87. The molecule has 1 aromatic rings. The van der Waals surface area contributed by atoms with Gasteiger partial charge in [-0.1, -0.05) is 19.1 Å². The first-order valence-corrected chi connectivity index (χ1v) is 4.60. The second-order valence-corrected chi connectivity index (χ2v) is 3.45. The van der Waals surface area contributed by atoms with Crippen LogP contribution in [0.2, 0.25) is 0 Å². The van der Waals surface area contributed by atoms with Crippen LogP contribution in [0.4, 0.5) is 0 Å². The molecule has 4 heteroatoms. The van der Waals surface area contributed by atoms with Gasteiger partial charge in [0, 0.05) is 5.69 Å². The first kappa shape index (κ1) is 8.87. The summed E-state index contributed by atoms with van der Waals surface area (Å²) in [5, 5.41) is 0. The first-order valence-electron chi connectivity index (χ1n) is 3.40. The molecule has 0 spiro atoms. The Balaban J connectivity index is 3.36. The van der Waals surface area contributed by atoms with E-state index in [0.717, 1.165) is 22.4 Å². The molecule has 2 nitrogen and oxygen atoms in total. The van der Waals surface area contributed by atoms with Crippen molar-refractivity contribution < 1.29 is 0 Å². The molecule has 1 rings (SSSR count). The van der Waals surface area contributed by atoms with E-state index in [9.17, 15) is 0 Å². The highest BCUT2D eigenvalue weighted by Gasteiger charge is 2.00. The summed E-state index contributed by atoms with van der Waals surface area (Å²) in [7, 11) is 0. The van der Waals surface area contributed by atoms with E-state index in [1.807, 2.05) is 6.92 Å². The number of aromatic amines is 1. The average Bonchev–Trinajstić information content (AvgIpc) is 1.96. The molecule has 0 amide bonds. The second kappa shape index (κ2) is 3.45. The Morgan fingerprint density at radius 3 is 2.82 bits per heavy atom. The van der Waals surface area contributed by atoms with Gasteiger partial charge in [0.2, 0.25) is 0 Å². The van der Waals surface area contributed by atoms with Crippen LogP contribution in [0.3, 0.4) is 0 Å². The smallest absolute Gasteiger partial charge is 0.144 e. The van der Waals surface area contributed by atoms with Gasteiger partial charge in [0.05, 0.1) is 4.47 Å². The molecular formula is C7H9BrN2S. The lowest BCUT2D eigenvalue weighted by Crippen LogP contribution is -1.95. The van der Waals surface area contributed by atoms with Crippen LogP contribution in [0.25, 0.3) is 0 Å². The molecule has 1 heterocycles. The largest absolute Gasteiger partial charge is 0.346 e. The van der Waals surface area contributed by atoms with Crippen LogP contribution in [0, 0.1) is 11.6 Å². The Kier molecular flexibility index (Phi) is 2.78. The Labute approximate surface area is 79.2 Å². The average molecular weight is 233 g/mol. The van der Waals surface area contributed by atoms with Crippen LogP contribution < -0.4 is 0 Å². The fraction of sp³-hybridized carbons (Fsp3) is 0.429. The predicted molar refractivity (Wildman–Crippen MR) is 51.2 cm³/mol. The van der Waals surface area contributed by atoms with E-state index >= 15 is 0 Å². The molecule has 1 aromatic heterocycles. The van der Waals surface area contributed by atoms with Crippen LogP contribution in [0.15, 0.2) is 4.47 Å². The van der Waals surface area contributed by atoms with Gasteiger partial charge in [-0.3, -0.25) is 0 Å². The Bertz CT molecular complexity index is 319. The molecule has 11 heavy (non-hydrogen) atoms. The number of nitrogens with one attached hydrogen (secondary N) is 1. The van der Waals surface area contributed by atoms with Gasteiger partial charge in [-0.05, 0) is 29.3 Å². The maximum Gasteiger partial charge on any atom is 0.144 e. The molecule has 0 bridgehead atoms. The van der Waals surface area contributed by atoms with E-state index in [4.69, 9.17) is 12.2 Å². The third-order valence-corrected chi connectivity index (χ3v) is 2.82. The van der Waals surface area contributed by atoms with Crippen LogP contribution in [-0.4, -0.2) is 9.97 Å². The zero-order valence-corrected chi connectivity index (χ0v) is 8.84. The molecule has 0 aliphatic carbocycles. The predicted octanol–water partition coefficient (Wildman–Crippen LogP) is 2.77. The van der Waals surface area contributed by atoms with Crippen molar-refractivity contribution in [1.82, 2.24) is 9.97 Å². The minimum atomic E-state index is 0.637. The highest BCUT2D eigenvalue weighted by Crippen LogP contribution is 2.15. The number of H-pyrrole nitrogens is 1. The topological polar surface area (TPSA) is 28.7 Å². The van der Waals surface area contributed by atoms with Crippen LogP contribution in [0.5, 0.6) is 0 Å². The van der Waals surface area contributed by atoms with Gasteiger partial charge in [0.1, 0.15) is 10.5 Å². The molecule has 0 aliphatic heterocycles. The van der Waals surface area contributed by atoms with Gasteiger partial charge in [0.15, 0.2) is 0 Å². The SMILES string of the molecule is CCc1[nH]c(C)nc(=S)c1Br. The Hall–Kier alpha value is -0.220. The Morgan fingerprint density at radius 2 is 2.27 bits per heavy atom. The molecule has 0 aliphatic rings. The van der Waals surface area contributed by atoms with E-state index in [1.165, 1.54) is 0 Å². The molecule has 0 saturated carbocycles. The maximum atomic E-state index is 5.02. The van der Waals surface area contributed by atoms with E-state index in [2.05, 4.69) is 32.8 Å². The number of halogens is 1. The lowest BCUT2D eigenvalue weighted by atomic mass is 10.3. The molecule has 60 valence electrons. The monoisotopic (exact) mass is 232 g/mol. The summed E-state index contributed by atoms with van der Waals surface area (Å²) >= 11 is 8.39. The van der Waals surface area contributed by atoms with Gasteiger partial charge in [0.25, 0.3) is 0 Å². The van der Waals surface area contributed by atoms with E-state index in [-0.39, 0.29) is 0 Å². The highest BCUT2D eigenvalue weighted by atomic mass is 79.9. The maximum absolute atomic E-state index is 5.02. The van der Waals surface area contributed by atoms with Crippen molar-refractivity contribution >= 4 is 28.1 Å². The fourth-order valence-corrected chi connectivity index (χ4v) is 1.60. The lowest BCUT2D eigenvalue weighted by Gasteiger charge is -2.02. The minimum Gasteiger partial charge on any atom is -0.346 e. The standard InChI is InChI=1S/C7H9BrN2S/c1-3-5-6(8)7(11)10-4(2)9-5/h3H2,1-2H3,(H,9,10,11). The lowest BCUT2D eigenvalue weighted by molar-refractivity contribution is 0.929. The summed E-state index contributed by atoms with van der Waals surface area (Å²) in [5.74, 6) is 0.870. The van der Waals surface area contributed by atoms with Crippen molar-refractivity contribution in [2.45, 2.75) is 20.3 Å². The zero-order valence-electron chi connectivity index (χ0n) is 6.44. The van der Waals surface area contributed by atoms with Crippen molar-refractivity contribution in [1.29, 1.82) is 0 Å². The first-order chi connectivity index (χ1) is 5.15. The van der Waals surface area contributed by atoms with Gasteiger partial charge >= 0.3 is 0 Å². The van der Waals surface area contributed by atoms with Crippen molar-refractivity contribution in [3.05, 3.63) is 20.6 Å². The molecule has 0 atom stereocenters. The molecular weight excluding hydrogens is 224 g/mol. The highest BCUT2D eigenvalue weighted by molar-refractivity contribution is 9.10. The molecule has 0 fully saturated rings. The van der Waals surface area contributed by atoms with Crippen LogP contribution in [0.1, 0.15) is 18.4 Å². The van der Waals surface area contributed by atoms with E-state index < -0.39 is 0 Å². The number of aromatic nitrogens is 2. The number of rotatable bonds is 1. The fourth-order valence-electron chi connectivity index (χ4n) is 0.875. The third-order valence-electron chi connectivity index (χ3n) is 1.41. The van der Waals surface area contributed by atoms with Crippen molar-refractivity contribution in [2.75, 3.05) is 0 Å². The molecule has 0 unspecified atom stereocenters. The second-order valence-electron chi connectivity index (χ2n) is 2.27. The molecule has 0 radical (unpaired) electrons. The number of hydrogen-bond acceptors (Lipinski definition) is 2. The van der Waals surface area contributed by atoms with E-state index in [1.54, 1.807) is 0 Å². The van der Waals surface area contributed by atoms with Crippen molar-refractivity contribution in [3.63, 3.8) is 0 Å².